The number of amides is 1. The van der Waals surface area contributed by atoms with Gasteiger partial charge in [-0.1, -0.05) is 24.3 Å². The number of ether oxygens (including phenoxy) is 1. The van der Waals surface area contributed by atoms with E-state index >= 15 is 0 Å². The van der Waals surface area contributed by atoms with Gasteiger partial charge in [-0.05, 0) is 60.5 Å². The van der Waals surface area contributed by atoms with Gasteiger partial charge in [0.1, 0.15) is 5.76 Å². The van der Waals surface area contributed by atoms with Crippen molar-refractivity contribution in [3.63, 3.8) is 0 Å². The number of hydrogen-bond acceptors (Lipinski definition) is 7. The highest BCUT2D eigenvalue weighted by Crippen LogP contribution is 2.32. The normalized spacial score (nSPS) is 14.9. The average molecular weight is 512 g/mol. The van der Waals surface area contributed by atoms with Crippen LogP contribution >= 0.6 is 11.3 Å². The molecule has 182 valence electrons. The van der Waals surface area contributed by atoms with E-state index in [9.17, 15) is 13.2 Å². The van der Waals surface area contributed by atoms with Crippen LogP contribution in [0.4, 0.5) is 5.13 Å². The Hall–Kier alpha value is -3.05. The Morgan fingerprint density at radius 1 is 1.11 bits per heavy atom. The van der Waals surface area contributed by atoms with Crippen molar-refractivity contribution in [2.45, 2.75) is 24.8 Å². The Bertz CT molecular complexity index is 1420. The van der Waals surface area contributed by atoms with Crippen LogP contribution in [0, 0.1) is 0 Å². The molecule has 1 saturated heterocycles. The maximum atomic E-state index is 13.6. The lowest BCUT2D eigenvalue weighted by molar-refractivity contribution is 0.0730. The van der Waals surface area contributed by atoms with Crippen LogP contribution in [0.3, 0.4) is 0 Å². The summed E-state index contributed by atoms with van der Waals surface area (Å²) in [5.74, 6) is 0.338. The molecule has 3 heterocycles. The number of carbonyl (C=O) groups excluding carboxylic acids is 1. The van der Waals surface area contributed by atoms with Gasteiger partial charge in [-0.2, -0.15) is 4.31 Å². The van der Waals surface area contributed by atoms with Crippen LogP contribution in [0.25, 0.3) is 10.2 Å². The third-order valence-electron chi connectivity index (χ3n) is 5.93. The van der Waals surface area contributed by atoms with Gasteiger partial charge in [0, 0.05) is 18.7 Å². The standard InChI is InChI=1S/C25H25N3O5S2/c1-2-18-5-10-22-23(16-18)34-25(26-22)28(17-20-4-3-13-33-20)24(29)19-6-8-21(9-7-19)35(30,31)27-11-14-32-15-12-27/h3-10,13,16H,2,11-12,14-15,17H2,1H3. The van der Waals surface area contributed by atoms with E-state index in [0.29, 0.717) is 42.8 Å². The number of morpholine rings is 1. The highest BCUT2D eigenvalue weighted by Gasteiger charge is 2.27. The Morgan fingerprint density at radius 3 is 2.57 bits per heavy atom. The molecule has 0 bridgehead atoms. The molecule has 0 unspecified atom stereocenters. The van der Waals surface area contributed by atoms with Gasteiger partial charge in [-0.25, -0.2) is 13.4 Å². The smallest absolute Gasteiger partial charge is 0.260 e. The lowest BCUT2D eigenvalue weighted by atomic mass is 10.2. The number of fused-ring (bicyclic) bond motifs is 1. The molecule has 8 nitrogen and oxygen atoms in total. The van der Waals surface area contributed by atoms with Crippen molar-refractivity contribution >= 4 is 42.6 Å². The molecule has 2 aromatic carbocycles. The van der Waals surface area contributed by atoms with E-state index in [2.05, 4.69) is 13.0 Å². The number of aryl methyl sites for hydroxylation is 1. The van der Waals surface area contributed by atoms with Crippen molar-refractivity contribution in [3.05, 3.63) is 77.7 Å². The minimum absolute atomic E-state index is 0.153. The number of anilines is 1. The van der Waals surface area contributed by atoms with Crippen molar-refractivity contribution in [2.24, 2.45) is 0 Å². The number of rotatable bonds is 7. The van der Waals surface area contributed by atoms with E-state index in [1.807, 2.05) is 12.1 Å². The Kier molecular flexibility index (Phi) is 6.70. The summed E-state index contributed by atoms with van der Waals surface area (Å²) in [6.07, 6.45) is 2.48. The van der Waals surface area contributed by atoms with Gasteiger partial charge in [-0.15, -0.1) is 0 Å². The van der Waals surface area contributed by atoms with E-state index in [1.54, 1.807) is 35.4 Å². The lowest BCUT2D eigenvalue weighted by Crippen LogP contribution is -2.40. The van der Waals surface area contributed by atoms with Gasteiger partial charge in [-0.3, -0.25) is 9.69 Å². The minimum Gasteiger partial charge on any atom is -0.467 e. The van der Waals surface area contributed by atoms with E-state index in [-0.39, 0.29) is 17.3 Å². The fourth-order valence-corrected chi connectivity index (χ4v) is 6.37. The van der Waals surface area contributed by atoms with Crippen LogP contribution in [0.1, 0.15) is 28.6 Å². The first-order chi connectivity index (χ1) is 17.0. The first-order valence-corrected chi connectivity index (χ1v) is 13.6. The van der Waals surface area contributed by atoms with Gasteiger partial charge in [0.25, 0.3) is 5.91 Å². The second-order valence-corrected chi connectivity index (χ2v) is 11.1. The molecule has 0 aliphatic carbocycles. The number of thiazole rings is 1. The fourth-order valence-electron chi connectivity index (χ4n) is 3.94. The third kappa shape index (κ3) is 4.87. The maximum Gasteiger partial charge on any atom is 0.260 e. The number of nitrogens with zero attached hydrogens (tertiary/aromatic N) is 3. The molecule has 1 aliphatic rings. The molecule has 1 fully saturated rings. The molecule has 0 spiro atoms. The Balaban J connectivity index is 1.46. The molecule has 0 saturated carbocycles. The zero-order chi connectivity index (χ0) is 24.4. The summed E-state index contributed by atoms with van der Waals surface area (Å²) in [4.78, 5) is 20.0. The summed E-state index contributed by atoms with van der Waals surface area (Å²) in [5.41, 5.74) is 2.39. The Morgan fingerprint density at radius 2 is 1.89 bits per heavy atom. The van der Waals surface area contributed by atoms with Gasteiger partial charge in [0.2, 0.25) is 10.0 Å². The van der Waals surface area contributed by atoms with Crippen LogP contribution in [0.15, 0.2) is 70.2 Å². The van der Waals surface area contributed by atoms with Gasteiger partial charge in [0.05, 0.1) is 41.1 Å². The van der Waals surface area contributed by atoms with Crippen LogP contribution < -0.4 is 4.90 Å². The fraction of sp³-hybridized carbons (Fsp3) is 0.280. The topological polar surface area (TPSA) is 93.0 Å². The first-order valence-electron chi connectivity index (χ1n) is 11.4. The summed E-state index contributed by atoms with van der Waals surface area (Å²) in [6.45, 7) is 3.69. The number of carbonyl (C=O) groups is 1. The zero-order valence-corrected chi connectivity index (χ0v) is 20.8. The molecule has 10 heteroatoms. The Labute approximate surface area is 207 Å². The molecular formula is C25H25N3O5S2. The van der Waals surface area contributed by atoms with E-state index in [1.165, 1.54) is 33.3 Å². The predicted octanol–water partition coefficient (Wildman–Crippen LogP) is 4.32. The third-order valence-corrected chi connectivity index (χ3v) is 8.88. The van der Waals surface area contributed by atoms with E-state index in [4.69, 9.17) is 14.1 Å². The molecule has 5 rings (SSSR count). The highest BCUT2D eigenvalue weighted by molar-refractivity contribution is 7.89. The number of benzene rings is 2. The van der Waals surface area contributed by atoms with Crippen molar-refractivity contribution in [3.8, 4) is 0 Å². The van der Waals surface area contributed by atoms with Crippen molar-refractivity contribution in [1.29, 1.82) is 0 Å². The quantitative estimate of drug-likeness (QED) is 0.367. The maximum absolute atomic E-state index is 13.6. The molecule has 0 atom stereocenters. The number of aromatic nitrogens is 1. The highest BCUT2D eigenvalue weighted by atomic mass is 32.2. The summed E-state index contributed by atoms with van der Waals surface area (Å²) in [6, 6.07) is 15.7. The summed E-state index contributed by atoms with van der Waals surface area (Å²) >= 11 is 1.44. The van der Waals surface area contributed by atoms with Gasteiger partial charge < -0.3 is 9.15 Å². The second-order valence-electron chi connectivity index (χ2n) is 8.16. The van der Waals surface area contributed by atoms with E-state index < -0.39 is 10.0 Å². The lowest BCUT2D eigenvalue weighted by Gasteiger charge is -2.26. The number of sulfonamides is 1. The van der Waals surface area contributed by atoms with Crippen LogP contribution in [-0.4, -0.2) is 49.9 Å². The van der Waals surface area contributed by atoms with Crippen LogP contribution in [-0.2, 0) is 27.7 Å². The summed E-state index contributed by atoms with van der Waals surface area (Å²) in [7, 11) is -3.64. The van der Waals surface area contributed by atoms with Crippen molar-refractivity contribution in [2.75, 3.05) is 31.2 Å². The number of furan rings is 1. The SMILES string of the molecule is CCc1ccc2nc(N(Cc3ccco3)C(=O)c3ccc(S(=O)(=O)N4CCOCC4)cc3)sc2c1. The van der Waals surface area contributed by atoms with E-state index in [0.717, 1.165) is 16.6 Å². The molecule has 4 aromatic rings. The molecule has 1 amide bonds. The molecule has 0 N–H and O–H groups in total. The molecular weight excluding hydrogens is 486 g/mol. The predicted molar refractivity (Wildman–Crippen MR) is 134 cm³/mol. The van der Waals surface area contributed by atoms with Crippen LogP contribution in [0.2, 0.25) is 0 Å². The average Bonchev–Trinajstić information content (AvgIpc) is 3.56. The first kappa shape index (κ1) is 23.7. The molecule has 35 heavy (non-hydrogen) atoms. The van der Waals surface area contributed by atoms with Gasteiger partial charge in [0.15, 0.2) is 5.13 Å². The minimum atomic E-state index is -3.64. The summed E-state index contributed by atoms with van der Waals surface area (Å²) in [5, 5.41) is 0.555. The summed E-state index contributed by atoms with van der Waals surface area (Å²) < 4.78 is 39.1. The van der Waals surface area contributed by atoms with Crippen molar-refractivity contribution < 1.29 is 22.4 Å². The second kappa shape index (κ2) is 9.90. The van der Waals surface area contributed by atoms with Crippen molar-refractivity contribution in [1.82, 2.24) is 9.29 Å². The molecule has 2 aromatic heterocycles. The molecule has 1 aliphatic heterocycles. The zero-order valence-electron chi connectivity index (χ0n) is 19.2. The monoisotopic (exact) mass is 511 g/mol. The van der Waals surface area contributed by atoms with Gasteiger partial charge >= 0.3 is 0 Å². The van der Waals surface area contributed by atoms with Crippen LogP contribution in [0.5, 0.6) is 0 Å². The largest absolute Gasteiger partial charge is 0.467 e. The number of hydrogen-bond donors (Lipinski definition) is 0. The molecule has 0 radical (unpaired) electrons.